The number of hydrogen-bond acceptors (Lipinski definition) is 4. The topological polar surface area (TPSA) is 49.8 Å². The van der Waals surface area contributed by atoms with E-state index in [-0.39, 0.29) is 22.4 Å². The highest BCUT2D eigenvalue weighted by molar-refractivity contribution is 7.10. The molecule has 1 aliphatic heterocycles. The predicted molar refractivity (Wildman–Crippen MR) is 107 cm³/mol. The summed E-state index contributed by atoms with van der Waals surface area (Å²) < 4.78 is 41.3. The Kier molecular flexibility index (Phi) is 5.38. The fourth-order valence-electron chi connectivity index (χ4n) is 3.55. The molecule has 1 unspecified atom stereocenters. The van der Waals surface area contributed by atoms with E-state index in [9.17, 15) is 23.1 Å². The molecular formula is C21H15ClF3NO3S. The number of nitrogens with zero attached hydrogens (tertiary/aromatic N) is 1. The number of thiophene rings is 1. The van der Waals surface area contributed by atoms with E-state index in [0.717, 1.165) is 10.4 Å². The van der Waals surface area contributed by atoms with Gasteiger partial charge in [0.2, 0.25) is 0 Å². The summed E-state index contributed by atoms with van der Waals surface area (Å²) in [5.74, 6) is -0.728. The second-order valence-electron chi connectivity index (χ2n) is 6.73. The smallest absolute Gasteiger partial charge is 0.506 e. The molecule has 1 aromatic heterocycles. The Morgan fingerprint density at radius 1 is 1.17 bits per heavy atom. The Balaban J connectivity index is 1.70. The van der Waals surface area contributed by atoms with E-state index in [1.807, 2.05) is 11.4 Å². The van der Waals surface area contributed by atoms with Gasteiger partial charge in [0.1, 0.15) is 11.5 Å². The van der Waals surface area contributed by atoms with Crippen LogP contribution in [0.2, 0.25) is 5.02 Å². The van der Waals surface area contributed by atoms with Crippen molar-refractivity contribution >= 4 is 28.8 Å². The van der Waals surface area contributed by atoms with Gasteiger partial charge in [-0.05, 0) is 59.3 Å². The maximum atomic E-state index is 13.2. The van der Waals surface area contributed by atoms with Crippen LogP contribution in [0.15, 0.2) is 53.9 Å². The number of ether oxygens (including phenoxy) is 1. The van der Waals surface area contributed by atoms with Crippen LogP contribution in [0.25, 0.3) is 0 Å². The van der Waals surface area contributed by atoms with Crippen LogP contribution in [0.3, 0.4) is 0 Å². The summed E-state index contributed by atoms with van der Waals surface area (Å²) in [5.41, 5.74) is 1.93. The molecule has 1 N–H and O–H groups in total. The number of phenolic OH excluding ortho intramolecular Hbond substituents is 1. The Morgan fingerprint density at radius 3 is 2.57 bits per heavy atom. The first-order valence-electron chi connectivity index (χ1n) is 8.94. The molecule has 0 fully saturated rings. The molecule has 0 bridgehead atoms. The molecule has 2 heterocycles. The van der Waals surface area contributed by atoms with Crippen LogP contribution in [0.5, 0.6) is 11.5 Å². The summed E-state index contributed by atoms with van der Waals surface area (Å²) in [6.45, 7) is 0.441. The molecule has 9 heteroatoms. The third-order valence-corrected chi connectivity index (χ3v) is 6.15. The lowest BCUT2D eigenvalue weighted by Crippen LogP contribution is -2.40. The van der Waals surface area contributed by atoms with E-state index < -0.39 is 12.4 Å². The Hall–Kier alpha value is -2.71. The van der Waals surface area contributed by atoms with Gasteiger partial charge < -0.3 is 14.7 Å². The zero-order valence-corrected chi connectivity index (χ0v) is 16.9. The maximum absolute atomic E-state index is 13.2. The summed E-state index contributed by atoms with van der Waals surface area (Å²) in [7, 11) is 0. The molecule has 156 valence electrons. The molecular weight excluding hydrogens is 439 g/mol. The van der Waals surface area contributed by atoms with E-state index in [4.69, 9.17) is 11.6 Å². The van der Waals surface area contributed by atoms with Crippen molar-refractivity contribution in [1.29, 1.82) is 0 Å². The van der Waals surface area contributed by atoms with Gasteiger partial charge in [0, 0.05) is 17.0 Å². The average Bonchev–Trinajstić information content (AvgIpc) is 3.17. The van der Waals surface area contributed by atoms with Gasteiger partial charge in [-0.3, -0.25) is 4.79 Å². The zero-order chi connectivity index (χ0) is 21.5. The van der Waals surface area contributed by atoms with Gasteiger partial charge in [-0.1, -0.05) is 23.7 Å². The number of halogens is 4. The number of rotatable bonds is 3. The largest absolute Gasteiger partial charge is 0.573 e. The van der Waals surface area contributed by atoms with Crippen LogP contribution in [-0.2, 0) is 6.42 Å². The molecule has 0 saturated heterocycles. The summed E-state index contributed by atoms with van der Waals surface area (Å²) in [4.78, 5) is 16.0. The van der Waals surface area contributed by atoms with Gasteiger partial charge in [0.15, 0.2) is 0 Å². The first-order valence-corrected chi connectivity index (χ1v) is 10.2. The van der Waals surface area contributed by atoms with Crippen LogP contribution in [0.4, 0.5) is 13.2 Å². The summed E-state index contributed by atoms with van der Waals surface area (Å²) in [6, 6.07) is 11.3. The number of aromatic hydroxyl groups is 1. The fourth-order valence-corrected chi connectivity index (χ4v) is 4.64. The number of carbonyl (C=O) groups excluding carboxylic acids is 1. The minimum absolute atomic E-state index is 0.0688. The van der Waals surface area contributed by atoms with Crippen molar-refractivity contribution in [3.05, 3.63) is 80.5 Å². The molecule has 0 spiro atoms. The molecule has 1 atom stereocenters. The van der Waals surface area contributed by atoms with Crippen molar-refractivity contribution in [2.75, 3.05) is 6.54 Å². The Bertz CT molecular complexity index is 1080. The second-order valence-corrected chi connectivity index (χ2v) is 8.14. The van der Waals surface area contributed by atoms with Crippen molar-refractivity contribution in [2.24, 2.45) is 0 Å². The Morgan fingerprint density at radius 2 is 1.90 bits per heavy atom. The van der Waals surface area contributed by atoms with Crippen molar-refractivity contribution in [2.45, 2.75) is 18.8 Å². The lowest BCUT2D eigenvalue weighted by atomic mass is 9.92. The van der Waals surface area contributed by atoms with Crippen LogP contribution in [0, 0.1) is 0 Å². The molecule has 3 aromatic rings. The highest BCUT2D eigenvalue weighted by Gasteiger charge is 2.34. The highest BCUT2D eigenvalue weighted by Crippen LogP contribution is 2.39. The van der Waals surface area contributed by atoms with Gasteiger partial charge in [0.05, 0.1) is 11.1 Å². The maximum Gasteiger partial charge on any atom is 0.573 e. The lowest BCUT2D eigenvalue weighted by Gasteiger charge is -2.36. The summed E-state index contributed by atoms with van der Waals surface area (Å²) >= 11 is 7.54. The lowest BCUT2D eigenvalue weighted by molar-refractivity contribution is -0.274. The van der Waals surface area contributed by atoms with E-state index >= 15 is 0 Å². The molecule has 4 nitrogen and oxygen atoms in total. The van der Waals surface area contributed by atoms with Crippen molar-refractivity contribution in [3.63, 3.8) is 0 Å². The highest BCUT2D eigenvalue weighted by atomic mass is 35.5. The van der Waals surface area contributed by atoms with Gasteiger partial charge in [-0.2, -0.15) is 0 Å². The van der Waals surface area contributed by atoms with E-state index in [1.54, 1.807) is 16.2 Å². The first kappa shape index (κ1) is 20.6. The van der Waals surface area contributed by atoms with Gasteiger partial charge in [0.25, 0.3) is 5.91 Å². The van der Waals surface area contributed by atoms with E-state index in [0.29, 0.717) is 24.1 Å². The zero-order valence-electron chi connectivity index (χ0n) is 15.3. The Labute approximate surface area is 179 Å². The SMILES string of the molecule is O=C(c1ccc(O)c(Cl)c1)N1CCc2sccc2C1c1ccc(OC(F)(F)F)cc1. The molecule has 30 heavy (non-hydrogen) atoms. The number of carbonyl (C=O) groups is 1. The summed E-state index contributed by atoms with van der Waals surface area (Å²) in [5, 5.41) is 11.6. The number of alkyl halides is 3. The number of fused-ring (bicyclic) bond motifs is 1. The fraction of sp³-hybridized carbons (Fsp3) is 0.190. The average molecular weight is 454 g/mol. The van der Waals surface area contributed by atoms with E-state index in [2.05, 4.69) is 4.74 Å². The first-order chi connectivity index (χ1) is 14.2. The molecule has 4 rings (SSSR count). The number of phenols is 1. The van der Waals surface area contributed by atoms with Crippen LogP contribution >= 0.6 is 22.9 Å². The minimum Gasteiger partial charge on any atom is -0.506 e. The van der Waals surface area contributed by atoms with Gasteiger partial charge in [-0.15, -0.1) is 24.5 Å². The molecule has 0 aliphatic carbocycles. The van der Waals surface area contributed by atoms with Crippen LogP contribution < -0.4 is 4.74 Å². The molecule has 0 saturated carbocycles. The van der Waals surface area contributed by atoms with Gasteiger partial charge >= 0.3 is 6.36 Å². The molecule has 0 radical (unpaired) electrons. The van der Waals surface area contributed by atoms with Crippen molar-refractivity contribution in [1.82, 2.24) is 4.90 Å². The number of amides is 1. The number of benzene rings is 2. The predicted octanol–water partition coefficient (Wildman–Crippen LogP) is 5.79. The second kappa shape index (κ2) is 7.85. The van der Waals surface area contributed by atoms with Gasteiger partial charge in [-0.25, -0.2) is 0 Å². The monoisotopic (exact) mass is 453 g/mol. The quantitative estimate of drug-likeness (QED) is 0.545. The molecule has 1 aliphatic rings. The molecule has 1 amide bonds. The molecule has 2 aromatic carbocycles. The van der Waals surface area contributed by atoms with Crippen molar-refractivity contribution in [3.8, 4) is 11.5 Å². The number of hydrogen-bond donors (Lipinski definition) is 1. The third-order valence-electron chi connectivity index (χ3n) is 4.85. The van der Waals surface area contributed by atoms with E-state index in [1.165, 1.54) is 42.5 Å². The normalized spacial score (nSPS) is 16.3. The van der Waals surface area contributed by atoms with Crippen LogP contribution in [-0.4, -0.2) is 28.8 Å². The third kappa shape index (κ3) is 4.11. The standard InChI is InChI=1S/C21H15ClF3NO3S/c22-16-11-13(3-6-17(16)27)20(28)26-9-7-18-15(8-10-30-18)19(26)12-1-4-14(5-2-12)29-21(23,24)25/h1-6,8,10-11,19,27H,7,9H2. The summed E-state index contributed by atoms with van der Waals surface area (Å²) in [6.07, 6.45) is -4.09. The van der Waals surface area contributed by atoms with Crippen LogP contribution in [0.1, 0.15) is 32.4 Å². The van der Waals surface area contributed by atoms with Crippen molar-refractivity contribution < 1.29 is 27.8 Å². The minimum atomic E-state index is -4.77.